The molecule has 4 rings (SSSR count). The summed E-state index contributed by atoms with van der Waals surface area (Å²) in [5, 5.41) is 0.337. The number of benzene rings is 2. The van der Waals surface area contributed by atoms with Gasteiger partial charge in [-0.05, 0) is 68.6 Å². The van der Waals surface area contributed by atoms with Crippen molar-refractivity contribution in [3.63, 3.8) is 0 Å². The lowest BCUT2D eigenvalue weighted by Crippen LogP contribution is -2.53. The van der Waals surface area contributed by atoms with Crippen molar-refractivity contribution in [2.75, 3.05) is 19.4 Å². The summed E-state index contributed by atoms with van der Waals surface area (Å²) in [6.07, 6.45) is 0.312. The first-order chi connectivity index (χ1) is 15.0. The van der Waals surface area contributed by atoms with Crippen molar-refractivity contribution < 1.29 is 30.4 Å². The van der Waals surface area contributed by atoms with E-state index in [9.17, 15) is 21.2 Å². The molecule has 1 saturated carbocycles. The second-order valence-corrected chi connectivity index (χ2v) is 12.8. The van der Waals surface area contributed by atoms with E-state index in [1.165, 1.54) is 31.3 Å². The van der Waals surface area contributed by atoms with Crippen molar-refractivity contribution in [3.8, 4) is 5.75 Å². The van der Waals surface area contributed by atoms with Gasteiger partial charge < -0.3 is 4.74 Å². The molecule has 174 valence electrons. The Bertz CT molecular complexity index is 1250. The van der Waals surface area contributed by atoms with E-state index in [0.717, 1.165) is 12.1 Å². The van der Waals surface area contributed by atoms with Crippen LogP contribution in [-0.2, 0) is 24.6 Å². The van der Waals surface area contributed by atoms with Crippen molar-refractivity contribution in [1.82, 2.24) is 4.72 Å². The second kappa shape index (κ2) is 8.23. The molecule has 1 fully saturated rings. The van der Waals surface area contributed by atoms with Crippen LogP contribution in [0.3, 0.4) is 0 Å². The third-order valence-corrected chi connectivity index (χ3v) is 10.9. The molecule has 2 aromatic carbocycles. The van der Waals surface area contributed by atoms with Crippen molar-refractivity contribution in [1.29, 1.82) is 0 Å². The highest BCUT2D eigenvalue weighted by molar-refractivity contribution is 7.92. The fourth-order valence-corrected chi connectivity index (χ4v) is 8.55. The Balaban J connectivity index is 1.89. The molecular formula is C21H22ClF2NO5S2. The molecular weight excluding hydrogens is 484 g/mol. The van der Waals surface area contributed by atoms with Crippen molar-refractivity contribution in [2.24, 2.45) is 11.8 Å². The van der Waals surface area contributed by atoms with E-state index in [1.54, 1.807) is 0 Å². The zero-order valence-electron chi connectivity index (χ0n) is 17.1. The number of halogens is 3. The Morgan fingerprint density at radius 3 is 2.41 bits per heavy atom. The van der Waals surface area contributed by atoms with Gasteiger partial charge in [0.15, 0.2) is 21.4 Å². The van der Waals surface area contributed by atoms with E-state index in [4.69, 9.17) is 16.3 Å². The van der Waals surface area contributed by atoms with Crippen LogP contribution in [0.5, 0.6) is 5.75 Å². The van der Waals surface area contributed by atoms with Gasteiger partial charge in [-0.25, -0.2) is 30.3 Å². The first-order valence-corrected chi connectivity index (χ1v) is 13.6. The van der Waals surface area contributed by atoms with Crippen LogP contribution in [0.15, 0.2) is 41.3 Å². The Morgan fingerprint density at radius 1 is 1.09 bits per heavy atom. The van der Waals surface area contributed by atoms with Gasteiger partial charge in [0.2, 0.25) is 10.0 Å². The zero-order valence-corrected chi connectivity index (χ0v) is 19.5. The maximum absolute atomic E-state index is 15.2. The lowest BCUT2D eigenvalue weighted by molar-refractivity contribution is 0.103. The first-order valence-electron chi connectivity index (χ1n) is 10.0. The minimum atomic E-state index is -4.24. The SMILES string of the molecule is CNS(=O)(=O)C[C@H]1CC[C@]2(S(=O)(=O)c3ccc(Cl)cc3)c3c(F)ccc(F)c3OC[C@@H]2C1. The number of hydrogen-bond acceptors (Lipinski definition) is 5. The van der Waals surface area contributed by atoms with Gasteiger partial charge in [0.25, 0.3) is 0 Å². The fourth-order valence-electron chi connectivity index (χ4n) is 4.97. The second-order valence-electron chi connectivity index (χ2n) is 8.21. The first kappa shape index (κ1) is 23.4. The summed E-state index contributed by atoms with van der Waals surface area (Å²) in [6.45, 7) is -0.170. The average Bonchev–Trinajstić information content (AvgIpc) is 2.75. The summed E-state index contributed by atoms with van der Waals surface area (Å²) in [5.74, 6) is -3.42. The highest BCUT2D eigenvalue weighted by Gasteiger charge is 2.59. The van der Waals surface area contributed by atoms with E-state index in [1.807, 2.05) is 0 Å². The van der Waals surface area contributed by atoms with Gasteiger partial charge >= 0.3 is 0 Å². The molecule has 11 heteroatoms. The summed E-state index contributed by atoms with van der Waals surface area (Å²) in [5.41, 5.74) is -0.321. The summed E-state index contributed by atoms with van der Waals surface area (Å²) in [6, 6.07) is 7.33. The van der Waals surface area contributed by atoms with Gasteiger partial charge in [0.05, 0.1) is 22.8 Å². The molecule has 0 amide bonds. The Labute approximate surface area is 190 Å². The van der Waals surface area contributed by atoms with Crippen LogP contribution < -0.4 is 9.46 Å². The molecule has 0 radical (unpaired) electrons. The minimum absolute atomic E-state index is 0.0651. The van der Waals surface area contributed by atoms with Crippen LogP contribution >= 0.6 is 11.6 Å². The normalized spacial score (nSPS) is 25.5. The molecule has 6 nitrogen and oxygen atoms in total. The average molecular weight is 506 g/mol. The molecule has 2 aliphatic rings. The molecule has 1 aliphatic heterocycles. The number of nitrogens with one attached hydrogen (secondary N) is 1. The van der Waals surface area contributed by atoms with Crippen LogP contribution in [0.4, 0.5) is 8.78 Å². The van der Waals surface area contributed by atoms with Gasteiger partial charge in [-0.3, -0.25) is 0 Å². The van der Waals surface area contributed by atoms with E-state index in [2.05, 4.69) is 4.72 Å². The highest BCUT2D eigenvalue weighted by atomic mass is 35.5. The molecule has 3 atom stereocenters. The fraction of sp³-hybridized carbons (Fsp3) is 0.429. The summed E-state index contributed by atoms with van der Waals surface area (Å²) in [7, 11) is -6.46. The largest absolute Gasteiger partial charge is 0.490 e. The minimum Gasteiger partial charge on any atom is -0.490 e. The number of sulfonamides is 1. The monoisotopic (exact) mass is 505 g/mol. The third kappa shape index (κ3) is 3.70. The predicted molar refractivity (Wildman–Crippen MR) is 116 cm³/mol. The van der Waals surface area contributed by atoms with Crippen LogP contribution in [0.25, 0.3) is 0 Å². The maximum Gasteiger partial charge on any atom is 0.211 e. The van der Waals surface area contributed by atoms with Crippen LogP contribution in [-0.4, -0.2) is 36.2 Å². The lowest BCUT2D eigenvalue weighted by atomic mass is 9.69. The molecule has 0 aromatic heterocycles. The zero-order chi connectivity index (χ0) is 23.3. The molecule has 0 spiro atoms. The predicted octanol–water partition coefficient (Wildman–Crippen LogP) is 3.65. The number of rotatable bonds is 5. The van der Waals surface area contributed by atoms with Crippen molar-refractivity contribution in [3.05, 3.63) is 58.6 Å². The molecule has 0 bridgehead atoms. The topological polar surface area (TPSA) is 89.5 Å². The maximum atomic E-state index is 15.2. The van der Waals surface area contributed by atoms with Crippen LogP contribution in [0.2, 0.25) is 5.02 Å². The summed E-state index contributed by atoms with van der Waals surface area (Å²) >= 11 is 5.92. The Hall–Kier alpha value is -1.75. The molecule has 1 heterocycles. The third-order valence-electron chi connectivity index (χ3n) is 6.48. The molecule has 0 saturated heterocycles. The molecule has 0 unspecified atom stereocenters. The smallest absolute Gasteiger partial charge is 0.211 e. The number of fused-ring (bicyclic) bond motifs is 3. The molecule has 32 heavy (non-hydrogen) atoms. The van der Waals surface area contributed by atoms with Crippen molar-refractivity contribution >= 4 is 31.5 Å². The van der Waals surface area contributed by atoms with Gasteiger partial charge in [-0.1, -0.05) is 11.6 Å². The van der Waals surface area contributed by atoms with E-state index >= 15 is 4.39 Å². The highest BCUT2D eigenvalue weighted by Crippen LogP contribution is 2.57. The number of sulfone groups is 1. The van der Waals surface area contributed by atoms with Crippen molar-refractivity contribution in [2.45, 2.75) is 28.9 Å². The molecule has 1 N–H and O–H groups in total. The summed E-state index contributed by atoms with van der Waals surface area (Å²) < 4.78 is 87.9. The van der Waals surface area contributed by atoms with E-state index in [-0.39, 0.29) is 48.0 Å². The standard InChI is InChI=1S/C21H22ClF2NO5S2/c1-25-31(26,27)12-13-8-9-21(32(28,29)16-4-2-15(22)3-5-16)14(10-13)11-30-20-18(24)7-6-17(23)19(20)21/h2-7,13-14,25H,8-12H2,1H3/t13-,14-,21+/m0/s1. The summed E-state index contributed by atoms with van der Waals surface area (Å²) in [4.78, 5) is -0.0651. The Kier molecular flexibility index (Phi) is 6.02. The quantitative estimate of drug-likeness (QED) is 0.670. The van der Waals surface area contributed by atoms with E-state index in [0.29, 0.717) is 5.02 Å². The Morgan fingerprint density at radius 2 is 1.75 bits per heavy atom. The van der Waals surface area contributed by atoms with Gasteiger partial charge in [0, 0.05) is 10.9 Å². The lowest BCUT2D eigenvalue weighted by Gasteiger charge is -2.49. The number of ether oxygens (including phenoxy) is 1. The van der Waals surface area contributed by atoms with Crippen LogP contribution in [0.1, 0.15) is 24.8 Å². The van der Waals surface area contributed by atoms with Gasteiger partial charge in [-0.15, -0.1) is 0 Å². The molecule has 2 aromatic rings. The van der Waals surface area contributed by atoms with Gasteiger partial charge in [0.1, 0.15) is 10.6 Å². The van der Waals surface area contributed by atoms with Crippen LogP contribution in [0, 0.1) is 23.5 Å². The van der Waals surface area contributed by atoms with Gasteiger partial charge in [-0.2, -0.15) is 0 Å². The molecule has 1 aliphatic carbocycles. The number of hydrogen-bond donors (Lipinski definition) is 1. The van der Waals surface area contributed by atoms with E-state index < -0.39 is 47.9 Å².